The molecule has 1 aliphatic rings. The van der Waals surface area contributed by atoms with Crippen molar-refractivity contribution in [3.8, 4) is 0 Å². The van der Waals surface area contributed by atoms with Crippen molar-refractivity contribution in [1.82, 2.24) is 9.97 Å². The highest BCUT2D eigenvalue weighted by Crippen LogP contribution is 2.33. The Kier molecular flexibility index (Phi) is 5.58. The molecule has 28 heavy (non-hydrogen) atoms. The van der Waals surface area contributed by atoms with Crippen molar-refractivity contribution < 1.29 is 0 Å². The third-order valence-corrected chi connectivity index (χ3v) is 5.27. The Morgan fingerprint density at radius 2 is 2.07 bits per heavy atom. The maximum absolute atomic E-state index is 6.48. The van der Waals surface area contributed by atoms with Crippen molar-refractivity contribution in [3.63, 3.8) is 0 Å². The zero-order valence-electron chi connectivity index (χ0n) is 17.2. The van der Waals surface area contributed by atoms with Crippen molar-refractivity contribution in [3.05, 3.63) is 59.7 Å². The molecule has 148 valence electrons. The van der Waals surface area contributed by atoms with Crippen LogP contribution in [0.2, 0.25) is 0 Å². The smallest absolute Gasteiger partial charge is 0.126 e. The second kappa shape index (κ2) is 7.92. The molecule has 0 bridgehead atoms. The van der Waals surface area contributed by atoms with Gasteiger partial charge in [-0.05, 0) is 54.2 Å². The van der Waals surface area contributed by atoms with Crippen LogP contribution < -0.4 is 21.7 Å². The summed E-state index contributed by atoms with van der Waals surface area (Å²) in [6.07, 6.45) is 8.33. The molecule has 6 heteroatoms. The van der Waals surface area contributed by atoms with E-state index in [1.54, 1.807) is 12.4 Å². The van der Waals surface area contributed by atoms with Gasteiger partial charge in [0.05, 0.1) is 11.9 Å². The van der Waals surface area contributed by atoms with Gasteiger partial charge in [-0.2, -0.15) is 0 Å². The summed E-state index contributed by atoms with van der Waals surface area (Å²) in [6.45, 7) is 8.65. The monoisotopic (exact) mass is 378 g/mol. The van der Waals surface area contributed by atoms with Gasteiger partial charge in [0.1, 0.15) is 5.82 Å². The van der Waals surface area contributed by atoms with Crippen LogP contribution >= 0.6 is 0 Å². The van der Waals surface area contributed by atoms with Crippen molar-refractivity contribution in [2.24, 2.45) is 16.9 Å². The van der Waals surface area contributed by atoms with E-state index in [0.29, 0.717) is 11.1 Å². The maximum atomic E-state index is 6.48. The molecule has 0 saturated carbocycles. The van der Waals surface area contributed by atoms with Gasteiger partial charge in [-0.1, -0.05) is 13.8 Å². The topological polar surface area (TPSA) is 93.1 Å². The van der Waals surface area contributed by atoms with Crippen LogP contribution in [0, 0.1) is 12.3 Å². The highest BCUT2D eigenvalue weighted by molar-refractivity contribution is 5.84. The van der Waals surface area contributed by atoms with Crippen molar-refractivity contribution in [2.75, 3.05) is 30.4 Å². The molecule has 2 aromatic heterocycles. The second-order valence-corrected chi connectivity index (χ2v) is 8.06. The first kappa shape index (κ1) is 19.7. The summed E-state index contributed by atoms with van der Waals surface area (Å²) in [4.78, 5) is 11.2. The summed E-state index contributed by atoms with van der Waals surface area (Å²) >= 11 is 0. The van der Waals surface area contributed by atoms with Gasteiger partial charge in [-0.3, -0.25) is 4.98 Å². The molecule has 2 aromatic rings. The molecule has 0 aliphatic carbocycles. The van der Waals surface area contributed by atoms with Gasteiger partial charge < -0.3 is 21.7 Å². The largest absolute Gasteiger partial charge is 0.404 e. The standard InChI is InChI=1S/C22H30N6/c1-15-19(11-18(13-27-15)28-8-6-22(2,3)14-28)20(24)9-17(12-23)16-5-7-26-21(10-16)25-4/h5,7,9-13H,6,8,14,23-24H2,1-4H3,(H,25,26)/b17-12+,20-9-. The first-order valence-corrected chi connectivity index (χ1v) is 9.58. The lowest BCUT2D eigenvalue weighted by Crippen LogP contribution is -2.23. The number of aryl methyl sites for hydroxylation is 1. The predicted molar refractivity (Wildman–Crippen MR) is 118 cm³/mol. The number of pyridine rings is 2. The number of nitrogens with one attached hydrogen (secondary N) is 1. The summed E-state index contributed by atoms with van der Waals surface area (Å²) < 4.78 is 0. The van der Waals surface area contributed by atoms with Crippen LogP contribution in [-0.4, -0.2) is 30.1 Å². The summed E-state index contributed by atoms with van der Waals surface area (Å²) in [5.41, 5.74) is 18.1. The van der Waals surface area contributed by atoms with Crippen LogP contribution in [0.5, 0.6) is 0 Å². The number of anilines is 2. The first-order chi connectivity index (χ1) is 13.3. The fourth-order valence-electron chi connectivity index (χ4n) is 3.54. The van der Waals surface area contributed by atoms with Crippen LogP contribution in [0.3, 0.4) is 0 Å². The van der Waals surface area contributed by atoms with E-state index in [1.165, 1.54) is 6.42 Å². The van der Waals surface area contributed by atoms with E-state index < -0.39 is 0 Å². The molecular weight excluding hydrogens is 348 g/mol. The quantitative estimate of drug-likeness (QED) is 0.691. The van der Waals surface area contributed by atoms with Gasteiger partial charge in [0, 0.05) is 49.5 Å². The number of hydrogen-bond donors (Lipinski definition) is 3. The average Bonchev–Trinajstić information content (AvgIpc) is 3.06. The highest BCUT2D eigenvalue weighted by Gasteiger charge is 2.29. The molecule has 6 nitrogen and oxygen atoms in total. The number of allylic oxidation sites excluding steroid dienone is 2. The van der Waals surface area contributed by atoms with Gasteiger partial charge in [0.15, 0.2) is 0 Å². The minimum absolute atomic E-state index is 0.328. The Labute approximate surface area is 167 Å². The third kappa shape index (κ3) is 4.27. The predicted octanol–water partition coefficient (Wildman–Crippen LogP) is 3.36. The number of hydrogen-bond acceptors (Lipinski definition) is 6. The minimum atomic E-state index is 0.328. The number of rotatable bonds is 5. The summed E-state index contributed by atoms with van der Waals surface area (Å²) in [5.74, 6) is 0.778. The van der Waals surface area contributed by atoms with Crippen molar-refractivity contribution in [2.45, 2.75) is 27.2 Å². The van der Waals surface area contributed by atoms with Crippen molar-refractivity contribution >= 4 is 22.8 Å². The molecule has 1 saturated heterocycles. The van der Waals surface area contributed by atoms with Crippen LogP contribution in [0.25, 0.3) is 11.3 Å². The molecule has 5 N–H and O–H groups in total. The summed E-state index contributed by atoms with van der Waals surface area (Å²) in [5, 5.41) is 3.04. The lowest BCUT2D eigenvalue weighted by Gasteiger charge is -2.22. The van der Waals surface area contributed by atoms with Gasteiger partial charge >= 0.3 is 0 Å². The fourth-order valence-corrected chi connectivity index (χ4v) is 3.54. The molecule has 1 fully saturated rings. The van der Waals surface area contributed by atoms with Crippen LogP contribution in [0.1, 0.15) is 37.1 Å². The Bertz CT molecular complexity index is 913. The van der Waals surface area contributed by atoms with Crippen LogP contribution in [0.15, 0.2) is 42.9 Å². The van der Waals surface area contributed by atoms with Crippen LogP contribution in [0.4, 0.5) is 11.5 Å². The van der Waals surface area contributed by atoms with Gasteiger partial charge in [0.2, 0.25) is 0 Å². The van der Waals surface area contributed by atoms with E-state index in [-0.39, 0.29) is 0 Å². The van der Waals surface area contributed by atoms with Gasteiger partial charge in [-0.25, -0.2) is 4.98 Å². The molecule has 1 aliphatic heterocycles. The highest BCUT2D eigenvalue weighted by atomic mass is 15.2. The number of nitrogens with zero attached hydrogens (tertiary/aromatic N) is 3. The maximum Gasteiger partial charge on any atom is 0.126 e. The number of nitrogens with two attached hydrogens (primary N) is 2. The minimum Gasteiger partial charge on any atom is -0.404 e. The molecule has 0 spiro atoms. The van der Waals surface area contributed by atoms with E-state index >= 15 is 0 Å². The Balaban J connectivity index is 1.92. The van der Waals surface area contributed by atoms with E-state index in [1.807, 2.05) is 38.4 Å². The molecule has 0 atom stereocenters. The normalized spacial score (nSPS) is 17.1. The van der Waals surface area contributed by atoms with Gasteiger partial charge in [-0.15, -0.1) is 0 Å². The van der Waals surface area contributed by atoms with E-state index in [9.17, 15) is 0 Å². The van der Waals surface area contributed by atoms with Crippen LogP contribution in [-0.2, 0) is 0 Å². The molecule has 3 rings (SSSR count). The lowest BCUT2D eigenvalue weighted by molar-refractivity contribution is 0.418. The zero-order valence-corrected chi connectivity index (χ0v) is 17.2. The molecule has 0 aromatic carbocycles. The summed E-state index contributed by atoms with van der Waals surface area (Å²) in [6, 6.07) is 5.99. The van der Waals surface area contributed by atoms with E-state index in [0.717, 1.165) is 47.0 Å². The fraction of sp³-hybridized carbons (Fsp3) is 0.364. The molecule has 0 radical (unpaired) electrons. The Morgan fingerprint density at radius 3 is 2.71 bits per heavy atom. The molecular formula is C22H30N6. The summed E-state index contributed by atoms with van der Waals surface area (Å²) in [7, 11) is 1.84. The van der Waals surface area contributed by atoms with E-state index in [2.05, 4.69) is 40.1 Å². The molecule has 0 amide bonds. The lowest BCUT2D eigenvalue weighted by atomic mass is 9.93. The van der Waals surface area contributed by atoms with Gasteiger partial charge in [0.25, 0.3) is 0 Å². The average molecular weight is 379 g/mol. The third-order valence-electron chi connectivity index (χ3n) is 5.27. The SMILES string of the molecule is CNc1cc(C(/C=C(\N)c2cc(N3CCC(C)(C)C3)cnc2C)=C/N)ccn1. The molecule has 3 heterocycles. The molecule has 0 unspecified atom stereocenters. The number of aromatic nitrogens is 2. The zero-order chi connectivity index (χ0) is 20.3. The van der Waals surface area contributed by atoms with E-state index in [4.69, 9.17) is 11.5 Å². The first-order valence-electron chi connectivity index (χ1n) is 9.58. The van der Waals surface area contributed by atoms with Crippen molar-refractivity contribution in [1.29, 1.82) is 0 Å². The Hall–Kier alpha value is -3.02. The second-order valence-electron chi connectivity index (χ2n) is 8.06. The Morgan fingerprint density at radius 1 is 1.29 bits per heavy atom.